The van der Waals surface area contributed by atoms with Crippen molar-refractivity contribution in [3.63, 3.8) is 0 Å². The molecule has 0 aliphatic carbocycles. The molecule has 0 bridgehead atoms. The van der Waals surface area contributed by atoms with Gasteiger partial charge in [0.1, 0.15) is 17.0 Å². The number of para-hydroxylation sites is 3. The second-order valence-electron chi connectivity index (χ2n) is 17.2. The first-order valence-electron chi connectivity index (χ1n) is 21.5. The Balaban J connectivity index is 0.00000469. The molecule has 316 valence electrons. The van der Waals surface area contributed by atoms with E-state index in [0.29, 0.717) is 11.5 Å². The molecule has 0 saturated heterocycles. The molecular formula is C58H40N4O2Pt-2. The third-order valence-corrected chi connectivity index (χ3v) is 12.2. The molecule has 0 aliphatic heterocycles. The van der Waals surface area contributed by atoms with Gasteiger partial charge in [-0.25, -0.2) is 4.98 Å². The Labute approximate surface area is 390 Å². The number of imidazole rings is 1. The molecule has 65 heavy (non-hydrogen) atoms. The van der Waals surface area contributed by atoms with Gasteiger partial charge in [0.2, 0.25) is 0 Å². The van der Waals surface area contributed by atoms with E-state index in [1.807, 2.05) is 42.6 Å². The average molecular weight is 1020 g/mol. The molecule has 0 spiro atoms. The Morgan fingerprint density at radius 1 is 0.569 bits per heavy atom. The summed E-state index contributed by atoms with van der Waals surface area (Å²) in [6, 6.07) is 70.2. The van der Waals surface area contributed by atoms with Crippen LogP contribution in [0, 0.1) is 18.5 Å². The van der Waals surface area contributed by atoms with Gasteiger partial charge in [-0.1, -0.05) is 142 Å². The van der Waals surface area contributed by atoms with E-state index in [2.05, 4.69) is 199 Å². The van der Waals surface area contributed by atoms with Crippen LogP contribution in [0.5, 0.6) is 11.5 Å². The van der Waals surface area contributed by atoms with Gasteiger partial charge < -0.3 is 18.3 Å². The fourth-order valence-corrected chi connectivity index (χ4v) is 9.08. The summed E-state index contributed by atoms with van der Waals surface area (Å²) in [5.41, 5.74) is 12.8. The molecule has 0 aliphatic rings. The summed E-state index contributed by atoms with van der Waals surface area (Å²) in [6.45, 7) is 6.67. The number of aromatic nitrogens is 4. The largest absolute Gasteiger partial charge is 0.510 e. The van der Waals surface area contributed by atoms with Crippen molar-refractivity contribution >= 4 is 54.8 Å². The van der Waals surface area contributed by atoms with Crippen LogP contribution in [0.25, 0.3) is 94.2 Å². The van der Waals surface area contributed by atoms with Crippen molar-refractivity contribution in [1.82, 2.24) is 14.1 Å². The van der Waals surface area contributed by atoms with Crippen LogP contribution in [0.1, 0.15) is 26.3 Å². The molecule has 0 N–H and O–H groups in total. The summed E-state index contributed by atoms with van der Waals surface area (Å²) >= 11 is 0. The average Bonchev–Trinajstić information content (AvgIpc) is 4.00. The normalized spacial score (nSPS) is 11.8. The molecule has 7 heteroatoms. The number of benzene rings is 8. The van der Waals surface area contributed by atoms with Gasteiger partial charge in [0.05, 0.1) is 16.7 Å². The van der Waals surface area contributed by atoms with Crippen molar-refractivity contribution in [2.45, 2.75) is 26.2 Å². The monoisotopic (exact) mass is 1020 g/mol. The first-order chi connectivity index (χ1) is 31.4. The zero-order valence-corrected chi connectivity index (χ0v) is 38.1. The number of fused-ring (bicyclic) bond motifs is 7. The van der Waals surface area contributed by atoms with E-state index in [1.165, 1.54) is 5.56 Å². The summed E-state index contributed by atoms with van der Waals surface area (Å²) in [5, 5.41) is 4.29. The van der Waals surface area contributed by atoms with Gasteiger partial charge in [0, 0.05) is 55.1 Å². The van der Waals surface area contributed by atoms with Crippen LogP contribution in [-0.4, -0.2) is 14.1 Å². The van der Waals surface area contributed by atoms with E-state index < -0.39 is 0 Å². The Bertz CT molecular complexity index is 3690. The van der Waals surface area contributed by atoms with Gasteiger partial charge in [-0.05, 0) is 80.7 Å². The molecule has 0 atom stereocenters. The second-order valence-corrected chi connectivity index (χ2v) is 17.2. The number of hydrogen-bond donors (Lipinski definition) is 0. The van der Waals surface area contributed by atoms with Gasteiger partial charge in [0.15, 0.2) is 0 Å². The summed E-state index contributed by atoms with van der Waals surface area (Å²) in [7, 11) is 0. The van der Waals surface area contributed by atoms with Crippen molar-refractivity contribution in [1.29, 1.82) is 0 Å². The molecule has 0 radical (unpaired) electrons. The summed E-state index contributed by atoms with van der Waals surface area (Å²) in [5.74, 6) is 1.96. The molecule has 4 heterocycles. The van der Waals surface area contributed by atoms with Crippen LogP contribution in [-0.2, 0) is 26.5 Å². The van der Waals surface area contributed by atoms with Crippen LogP contribution < -0.4 is 9.30 Å². The minimum Gasteiger partial charge on any atom is -0.510 e. The Kier molecular flexibility index (Phi) is 9.86. The molecule has 0 saturated carbocycles. The van der Waals surface area contributed by atoms with Crippen molar-refractivity contribution in [3.05, 3.63) is 212 Å². The van der Waals surface area contributed by atoms with Crippen molar-refractivity contribution < 1.29 is 34.8 Å². The summed E-state index contributed by atoms with van der Waals surface area (Å²) in [4.78, 5) is 4.86. The predicted molar refractivity (Wildman–Crippen MR) is 257 cm³/mol. The van der Waals surface area contributed by atoms with E-state index in [1.54, 1.807) is 0 Å². The van der Waals surface area contributed by atoms with Crippen molar-refractivity contribution in [2.75, 3.05) is 0 Å². The Morgan fingerprint density at radius 2 is 1.25 bits per heavy atom. The second kappa shape index (κ2) is 15.9. The molecule has 8 aromatic carbocycles. The fourth-order valence-electron chi connectivity index (χ4n) is 9.08. The summed E-state index contributed by atoms with van der Waals surface area (Å²) < 4.78 is 19.6. The van der Waals surface area contributed by atoms with E-state index in [-0.39, 0.29) is 26.5 Å². The molecule has 12 aromatic rings. The van der Waals surface area contributed by atoms with Crippen LogP contribution in [0.3, 0.4) is 0 Å². The number of furan rings is 1. The molecule has 4 aromatic heterocycles. The van der Waals surface area contributed by atoms with Gasteiger partial charge >= 0.3 is 0 Å². The van der Waals surface area contributed by atoms with E-state index in [9.17, 15) is 0 Å². The first kappa shape index (κ1) is 40.3. The number of pyridine rings is 1. The zero-order chi connectivity index (χ0) is 42.9. The number of ether oxygens (including phenoxy) is 1. The molecular weight excluding hydrogens is 980 g/mol. The maximum absolute atomic E-state index is 6.68. The smallest absolute Gasteiger partial charge is 0.268 e. The Morgan fingerprint density at radius 3 is 2.00 bits per heavy atom. The molecule has 12 rings (SSSR count). The molecule has 6 nitrogen and oxygen atoms in total. The molecule has 0 fully saturated rings. The third-order valence-electron chi connectivity index (χ3n) is 12.2. The van der Waals surface area contributed by atoms with Crippen LogP contribution in [0.15, 0.2) is 193 Å². The van der Waals surface area contributed by atoms with Gasteiger partial charge in [-0.2, -0.15) is 18.2 Å². The zero-order valence-electron chi connectivity index (χ0n) is 35.8. The first-order valence-corrected chi connectivity index (χ1v) is 21.5. The van der Waals surface area contributed by atoms with Crippen LogP contribution >= 0.6 is 0 Å². The maximum atomic E-state index is 6.68. The fraction of sp³-hybridized carbons (Fsp3) is 0.0690. The minimum atomic E-state index is -0.0371. The van der Waals surface area contributed by atoms with Crippen LogP contribution in [0.2, 0.25) is 0 Å². The van der Waals surface area contributed by atoms with Gasteiger partial charge in [0.25, 0.3) is 6.33 Å². The topological polar surface area (TPSA) is 49.0 Å². The van der Waals surface area contributed by atoms with Crippen molar-refractivity contribution in [2.24, 2.45) is 0 Å². The van der Waals surface area contributed by atoms with Crippen molar-refractivity contribution in [3.8, 4) is 50.9 Å². The quantitative estimate of drug-likeness (QED) is 0.118. The SMILES string of the molecule is CC(C)(C)c1ccnc(-n2c3[c-]c(Oc4[c-]c(-n5[c-][n+](-c6c(-c7ccccc7)cccc6-c6ccccc6)c6cc7c(cc65)oc5ccccc57)ccc4)ccc3c3ccccc32)c1.[Pt]. The molecule has 0 amide bonds. The van der Waals surface area contributed by atoms with E-state index >= 15 is 0 Å². The predicted octanol–water partition coefficient (Wildman–Crippen LogP) is 14.1. The minimum absolute atomic E-state index is 0. The standard InChI is InChI=1S/C58H40N4O2.Pt/c1-58(2,3)40-30-31-59-56(32-40)62-50-26-12-10-22-46(50)47-29-28-43(34-51(47)62)63-42-21-14-20-41(33-42)60-37-61(52-35-49-48-23-11-13-27-54(48)64-55(49)36-53(52)60)57-44(38-16-6-4-7-17-38)24-15-25-45(57)39-18-8-5-9-19-39;/h4-32,35-36H,1-3H3;/q-2;. The van der Waals surface area contributed by atoms with Gasteiger partial charge in [-0.15, -0.1) is 29.7 Å². The molecule has 0 unspecified atom stereocenters. The number of rotatable bonds is 7. The van der Waals surface area contributed by atoms with E-state index in [4.69, 9.17) is 14.1 Å². The van der Waals surface area contributed by atoms with Crippen LogP contribution in [0.4, 0.5) is 0 Å². The Hall–Kier alpha value is -7.53. The third kappa shape index (κ3) is 6.93. The van der Waals surface area contributed by atoms with Gasteiger partial charge in [-0.3, -0.25) is 4.57 Å². The maximum Gasteiger partial charge on any atom is 0.268 e. The summed E-state index contributed by atoms with van der Waals surface area (Å²) in [6.07, 6.45) is 5.71. The number of hydrogen-bond acceptors (Lipinski definition) is 3. The number of nitrogens with zero attached hydrogens (tertiary/aromatic N) is 4. The van der Waals surface area contributed by atoms with E-state index in [0.717, 1.165) is 94.2 Å².